The Kier molecular flexibility index (Phi) is 5.69. The van der Waals surface area contributed by atoms with Gasteiger partial charge in [0, 0.05) is 10.7 Å². The lowest BCUT2D eigenvalue weighted by Crippen LogP contribution is -2.14. The molecule has 0 saturated heterocycles. The molecule has 8 heteroatoms. The van der Waals surface area contributed by atoms with Crippen LogP contribution in [0, 0.1) is 6.92 Å². The average molecular weight is 369 g/mol. The second-order valence-corrected chi connectivity index (χ2v) is 7.03. The van der Waals surface area contributed by atoms with Crippen LogP contribution in [0.4, 0.5) is 16.2 Å². The minimum atomic E-state index is -3.75. The quantitative estimate of drug-likeness (QED) is 0.834. The van der Waals surface area contributed by atoms with Crippen molar-refractivity contribution in [2.75, 3.05) is 16.6 Å². The molecule has 1 amide bonds. The van der Waals surface area contributed by atoms with Crippen molar-refractivity contribution >= 4 is 39.1 Å². The third-order valence-corrected chi connectivity index (χ3v) is 4.91. The van der Waals surface area contributed by atoms with Gasteiger partial charge in [0.05, 0.1) is 17.2 Å². The maximum atomic E-state index is 12.4. The van der Waals surface area contributed by atoms with E-state index in [1.165, 1.54) is 24.3 Å². The molecule has 2 aromatic rings. The molecule has 24 heavy (non-hydrogen) atoms. The molecule has 6 nitrogen and oxygen atoms in total. The van der Waals surface area contributed by atoms with Gasteiger partial charge in [-0.15, -0.1) is 0 Å². The maximum absolute atomic E-state index is 12.4. The highest BCUT2D eigenvalue weighted by Crippen LogP contribution is 2.23. The SMILES string of the molecule is CCOC(=O)Nc1ccc(S(=O)(=O)Nc2ccc(C)c(Cl)c2)cc1. The fraction of sp³-hybridized carbons (Fsp3) is 0.188. The Hall–Kier alpha value is -2.25. The van der Waals surface area contributed by atoms with Gasteiger partial charge >= 0.3 is 6.09 Å². The van der Waals surface area contributed by atoms with E-state index in [1.807, 2.05) is 6.92 Å². The molecular weight excluding hydrogens is 352 g/mol. The van der Waals surface area contributed by atoms with Crippen LogP contribution < -0.4 is 10.0 Å². The molecule has 0 saturated carbocycles. The molecule has 0 aromatic heterocycles. The monoisotopic (exact) mass is 368 g/mol. The smallest absolute Gasteiger partial charge is 0.411 e. The standard InChI is InChI=1S/C16H17ClN2O4S/c1-3-23-16(20)18-12-6-8-14(9-7-12)24(21,22)19-13-5-4-11(2)15(17)10-13/h4-10,19H,3H2,1-2H3,(H,18,20). The topological polar surface area (TPSA) is 84.5 Å². The van der Waals surface area contributed by atoms with Gasteiger partial charge in [0.15, 0.2) is 0 Å². The van der Waals surface area contributed by atoms with Crippen LogP contribution in [0.5, 0.6) is 0 Å². The molecule has 0 fully saturated rings. The van der Waals surface area contributed by atoms with Crippen LogP contribution in [0.3, 0.4) is 0 Å². The van der Waals surface area contributed by atoms with Gasteiger partial charge in [-0.25, -0.2) is 13.2 Å². The van der Waals surface area contributed by atoms with Crippen molar-refractivity contribution in [1.29, 1.82) is 0 Å². The molecule has 0 aliphatic heterocycles. The van der Waals surface area contributed by atoms with E-state index in [9.17, 15) is 13.2 Å². The number of hydrogen-bond acceptors (Lipinski definition) is 4. The van der Waals surface area contributed by atoms with Gasteiger partial charge in [-0.05, 0) is 55.8 Å². The van der Waals surface area contributed by atoms with Gasteiger partial charge in [-0.1, -0.05) is 17.7 Å². The summed E-state index contributed by atoms with van der Waals surface area (Å²) in [5.74, 6) is 0. The molecule has 0 radical (unpaired) electrons. The largest absolute Gasteiger partial charge is 0.450 e. The molecule has 128 valence electrons. The number of hydrogen-bond donors (Lipinski definition) is 2. The predicted molar refractivity (Wildman–Crippen MR) is 94.1 cm³/mol. The number of carbonyl (C=O) groups excluding carboxylic acids is 1. The van der Waals surface area contributed by atoms with Gasteiger partial charge in [-0.2, -0.15) is 0 Å². The molecule has 0 unspecified atom stereocenters. The molecule has 0 bridgehead atoms. The lowest BCUT2D eigenvalue weighted by atomic mass is 10.2. The highest BCUT2D eigenvalue weighted by Gasteiger charge is 2.15. The van der Waals surface area contributed by atoms with Crippen molar-refractivity contribution in [2.24, 2.45) is 0 Å². The second-order valence-electron chi connectivity index (χ2n) is 4.94. The van der Waals surface area contributed by atoms with Crippen LogP contribution in [-0.2, 0) is 14.8 Å². The van der Waals surface area contributed by atoms with Crippen LogP contribution in [0.2, 0.25) is 5.02 Å². The zero-order chi connectivity index (χ0) is 17.7. The summed E-state index contributed by atoms with van der Waals surface area (Å²) in [6, 6.07) is 10.6. The Bertz CT molecular complexity index is 836. The van der Waals surface area contributed by atoms with Gasteiger partial charge in [-0.3, -0.25) is 10.0 Å². The fourth-order valence-electron chi connectivity index (χ4n) is 1.87. The van der Waals surface area contributed by atoms with Gasteiger partial charge in [0.25, 0.3) is 10.0 Å². The van der Waals surface area contributed by atoms with Crippen LogP contribution in [0.15, 0.2) is 47.4 Å². The lowest BCUT2D eigenvalue weighted by Gasteiger charge is -2.10. The van der Waals surface area contributed by atoms with Crippen LogP contribution >= 0.6 is 11.6 Å². The Morgan fingerprint density at radius 1 is 1.12 bits per heavy atom. The first-order chi connectivity index (χ1) is 11.3. The summed E-state index contributed by atoms with van der Waals surface area (Å²) in [7, 11) is -3.75. The molecule has 0 spiro atoms. The number of carbonyl (C=O) groups is 1. The minimum Gasteiger partial charge on any atom is -0.450 e. The number of sulfonamides is 1. The van der Waals surface area contributed by atoms with E-state index in [2.05, 4.69) is 10.0 Å². The Morgan fingerprint density at radius 2 is 1.75 bits per heavy atom. The molecule has 0 atom stereocenters. The molecule has 2 aromatic carbocycles. The van der Waals surface area contributed by atoms with E-state index in [0.29, 0.717) is 16.4 Å². The molecular formula is C16H17ClN2O4S. The number of aryl methyl sites for hydroxylation is 1. The third-order valence-electron chi connectivity index (χ3n) is 3.11. The highest BCUT2D eigenvalue weighted by molar-refractivity contribution is 7.92. The fourth-order valence-corrected chi connectivity index (χ4v) is 3.10. The molecule has 0 aliphatic carbocycles. The van der Waals surface area contributed by atoms with Crippen molar-refractivity contribution in [3.05, 3.63) is 53.1 Å². The summed E-state index contributed by atoms with van der Waals surface area (Å²) in [6.45, 7) is 3.77. The van der Waals surface area contributed by atoms with Gasteiger partial charge in [0.1, 0.15) is 0 Å². The summed E-state index contributed by atoms with van der Waals surface area (Å²) in [4.78, 5) is 11.4. The Labute approximate surface area is 145 Å². The number of amides is 1. The maximum Gasteiger partial charge on any atom is 0.411 e. The first-order valence-corrected chi connectivity index (χ1v) is 9.01. The third kappa shape index (κ3) is 4.62. The Morgan fingerprint density at radius 3 is 2.33 bits per heavy atom. The summed E-state index contributed by atoms with van der Waals surface area (Å²) in [5.41, 5.74) is 1.67. The average Bonchev–Trinajstić information content (AvgIpc) is 2.51. The Balaban J connectivity index is 2.14. The zero-order valence-electron chi connectivity index (χ0n) is 13.2. The first-order valence-electron chi connectivity index (χ1n) is 7.14. The summed E-state index contributed by atoms with van der Waals surface area (Å²) in [6.07, 6.45) is -0.597. The number of halogens is 1. The van der Waals surface area contributed by atoms with Gasteiger partial charge < -0.3 is 4.74 Å². The highest BCUT2D eigenvalue weighted by atomic mass is 35.5. The number of rotatable bonds is 5. The summed E-state index contributed by atoms with van der Waals surface area (Å²) in [5, 5.41) is 2.97. The number of ether oxygens (including phenoxy) is 1. The molecule has 2 N–H and O–H groups in total. The van der Waals surface area contributed by atoms with Crippen molar-refractivity contribution in [1.82, 2.24) is 0 Å². The molecule has 0 aliphatic rings. The van der Waals surface area contributed by atoms with Gasteiger partial charge in [0.2, 0.25) is 0 Å². The van der Waals surface area contributed by atoms with E-state index >= 15 is 0 Å². The van der Waals surface area contributed by atoms with E-state index in [0.717, 1.165) is 5.56 Å². The zero-order valence-corrected chi connectivity index (χ0v) is 14.7. The minimum absolute atomic E-state index is 0.0635. The van der Waals surface area contributed by atoms with E-state index in [-0.39, 0.29) is 11.5 Å². The van der Waals surface area contributed by atoms with Crippen molar-refractivity contribution in [2.45, 2.75) is 18.7 Å². The van der Waals surface area contributed by atoms with Crippen LogP contribution in [0.25, 0.3) is 0 Å². The normalized spacial score (nSPS) is 11.0. The van der Waals surface area contributed by atoms with Crippen LogP contribution in [0.1, 0.15) is 12.5 Å². The molecule has 0 heterocycles. The predicted octanol–water partition coefficient (Wildman–Crippen LogP) is 4.02. The van der Waals surface area contributed by atoms with Crippen molar-refractivity contribution in [3.8, 4) is 0 Å². The first kappa shape index (κ1) is 18.1. The van der Waals surface area contributed by atoms with E-state index < -0.39 is 16.1 Å². The van der Waals surface area contributed by atoms with Crippen LogP contribution in [-0.4, -0.2) is 21.1 Å². The molecule has 2 rings (SSSR count). The van der Waals surface area contributed by atoms with Crippen molar-refractivity contribution in [3.63, 3.8) is 0 Å². The van der Waals surface area contributed by atoms with E-state index in [1.54, 1.807) is 25.1 Å². The van der Waals surface area contributed by atoms with E-state index in [4.69, 9.17) is 16.3 Å². The lowest BCUT2D eigenvalue weighted by molar-refractivity contribution is 0.168. The number of benzene rings is 2. The summed E-state index contributed by atoms with van der Waals surface area (Å²) < 4.78 is 31.9. The summed E-state index contributed by atoms with van der Waals surface area (Å²) >= 11 is 6.00. The number of anilines is 2. The van der Waals surface area contributed by atoms with Crippen molar-refractivity contribution < 1.29 is 17.9 Å². The number of nitrogens with one attached hydrogen (secondary N) is 2. The second kappa shape index (κ2) is 7.55.